The van der Waals surface area contributed by atoms with Crippen LogP contribution in [0.5, 0.6) is 11.5 Å². The van der Waals surface area contributed by atoms with Gasteiger partial charge in [-0.3, -0.25) is 18.0 Å². The lowest BCUT2D eigenvalue weighted by molar-refractivity contribution is -0.152. The van der Waals surface area contributed by atoms with Gasteiger partial charge in [-0.25, -0.2) is 4.98 Å². The molecule has 5 atom stereocenters. The number of imidazole rings is 1. The highest BCUT2D eigenvalue weighted by Crippen LogP contribution is 2.52. The molecule has 3 aromatic rings. The number of aromatic nitrogens is 3. The van der Waals surface area contributed by atoms with Crippen molar-refractivity contribution in [2.75, 3.05) is 20.8 Å². The number of carbonyl (C=O) groups is 1. The lowest BCUT2D eigenvalue weighted by Crippen LogP contribution is -2.40. The Bertz CT molecular complexity index is 1490. The molecule has 0 radical (unpaired) electrons. The summed E-state index contributed by atoms with van der Waals surface area (Å²) in [7, 11) is 1.83. The number of aryl methyl sites for hydroxylation is 1. The number of nitrogens with zero attached hydrogens (tertiary/aromatic N) is 3. The van der Waals surface area contributed by atoms with E-state index in [2.05, 4.69) is 21.9 Å². The van der Waals surface area contributed by atoms with Crippen LogP contribution in [0.15, 0.2) is 23.5 Å². The molecule has 216 valence electrons. The average Bonchev–Trinajstić information content (AvgIpc) is 3.29. The second-order valence-electron chi connectivity index (χ2n) is 11.6. The van der Waals surface area contributed by atoms with E-state index in [0.717, 1.165) is 52.0 Å². The largest absolute Gasteiger partial charge is 0.497 e. The number of carboxylic acid groups (broad SMARTS) is 1. The fraction of sp³-hybridized carbons (Fsp3) is 0.552. The molecule has 0 bridgehead atoms. The van der Waals surface area contributed by atoms with Crippen LogP contribution in [-0.4, -0.2) is 61.4 Å². The Morgan fingerprint density at radius 1 is 1.23 bits per heavy atom. The zero-order valence-electron chi connectivity index (χ0n) is 24.0. The minimum atomic E-state index is -1.44. The number of pyridine rings is 1. The van der Waals surface area contributed by atoms with Gasteiger partial charge in [0, 0.05) is 34.6 Å². The Kier molecular flexibility index (Phi) is 7.93. The highest BCUT2D eigenvalue weighted by molar-refractivity contribution is 7.99. The number of benzene rings is 1. The number of hydrogen-bond acceptors (Lipinski definition) is 8. The molecule has 2 aliphatic rings. The van der Waals surface area contributed by atoms with E-state index in [1.165, 1.54) is 0 Å². The number of aliphatic carboxylic acids is 1. The van der Waals surface area contributed by atoms with Gasteiger partial charge in [-0.2, -0.15) is 0 Å². The smallest absolute Gasteiger partial charge is 0.311 e. The fourth-order valence-corrected chi connectivity index (χ4v) is 8.72. The minimum Gasteiger partial charge on any atom is -0.497 e. The van der Waals surface area contributed by atoms with Crippen LogP contribution in [0.2, 0.25) is 0 Å². The van der Waals surface area contributed by atoms with Crippen LogP contribution in [-0.2, 0) is 26.1 Å². The number of rotatable bonds is 9. The van der Waals surface area contributed by atoms with E-state index >= 15 is 0 Å². The topological polar surface area (TPSA) is 113 Å². The fourth-order valence-electron chi connectivity index (χ4n) is 5.80. The zero-order valence-corrected chi connectivity index (χ0v) is 25.6. The van der Waals surface area contributed by atoms with Crippen molar-refractivity contribution >= 4 is 39.8 Å². The Morgan fingerprint density at radius 3 is 2.65 bits per heavy atom. The molecule has 1 aliphatic heterocycles. The number of hydrogen-bond donors (Lipinski definition) is 1. The molecule has 1 saturated carbocycles. The summed E-state index contributed by atoms with van der Waals surface area (Å²) in [5.74, 6) is 1.29. The van der Waals surface area contributed by atoms with Crippen molar-refractivity contribution in [2.45, 2.75) is 75.6 Å². The predicted octanol–water partition coefficient (Wildman–Crippen LogP) is 5.26. The molecule has 1 aliphatic carbocycles. The molecule has 0 saturated heterocycles. The number of fused-ring (bicyclic) bond motifs is 2. The first-order chi connectivity index (χ1) is 18.9. The normalized spacial score (nSPS) is 23.1. The molecule has 1 fully saturated rings. The molecular weight excluding hydrogens is 550 g/mol. The van der Waals surface area contributed by atoms with Gasteiger partial charge in [0.05, 0.1) is 65.6 Å². The summed E-state index contributed by atoms with van der Waals surface area (Å²) >= 11 is 1.70. The van der Waals surface area contributed by atoms with E-state index in [-0.39, 0.29) is 35.5 Å². The van der Waals surface area contributed by atoms with Crippen molar-refractivity contribution in [3.63, 3.8) is 0 Å². The molecule has 11 heteroatoms. The summed E-state index contributed by atoms with van der Waals surface area (Å²) in [6.45, 7) is 9.65. The first kappa shape index (κ1) is 28.9. The van der Waals surface area contributed by atoms with Crippen molar-refractivity contribution < 1.29 is 28.3 Å². The number of carboxylic acids is 1. The van der Waals surface area contributed by atoms with Gasteiger partial charge in [-0.05, 0) is 70.0 Å². The van der Waals surface area contributed by atoms with E-state index < -0.39 is 22.2 Å². The number of methoxy groups -OCH3 is 2. The van der Waals surface area contributed by atoms with Gasteiger partial charge in [0.2, 0.25) is 5.16 Å². The van der Waals surface area contributed by atoms with Gasteiger partial charge in [0.25, 0.3) is 0 Å². The summed E-state index contributed by atoms with van der Waals surface area (Å²) in [4.78, 5) is 21.1. The van der Waals surface area contributed by atoms with Gasteiger partial charge < -0.3 is 19.3 Å². The Hall–Kier alpha value is -2.63. The van der Waals surface area contributed by atoms with Gasteiger partial charge in [0.15, 0.2) is 0 Å². The van der Waals surface area contributed by atoms with Crippen molar-refractivity contribution in [3.8, 4) is 11.5 Å². The Labute approximate surface area is 241 Å². The molecule has 0 spiro atoms. The van der Waals surface area contributed by atoms with Crippen molar-refractivity contribution in [3.05, 3.63) is 40.7 Å². The third kappa shape index (κ3) is 5.12. The van der Waals surface area contributed by atoms with Gasteiger partial charge in [-0.15, -0.1) is 0 Å². The molecule has 2 aromatic heterocycles. The van der Waals surface area contributed by atoms with E-state index in [1.807, 2.05) is 19.9 Å². The molecule has 40 heavy (non-hydrogen) atoms. The summed E-state index contributed by atoms with van der Waals surface area (Å²) in [6.07, 6.45) is 3.30. The highest BCUT2D eigenvalue weighted by Gasteiger charge is 2.44. The summed E-state index contributed by atoms with van der Waals surface area (Å²) in [6, 6.07) is 3.96. The monoisotopic (exact) mass is 587 g/mol. The number of ether oxygens (including phenoxy) is 3. The quantitative estimate of drug-likeness (QED) is 0.358. The van der Waals surface area contributed by atoms with Crippen molar-refractivity contribution in [1.82, 2.24) is 13.9 Å². The molecule has 5 unspecified atom stereocenters. The third-order valence-corrected chi connectivity index (χ3v) is 11.1. The van der Waals surface area contributed by atoms with Crippen LogP contribution in [0.4, 0.5) is 0 Å². The maximum atomic E-state index is 13.9. The zero-order chi connectivity index (χ0) is 28.9. The lowest BCUT2D eigenvalue weighted by atomic mass is 9.76. The molecule has 5 rings (SSSR count). The average molecular weight is 588 g/mol. The molecular formula is C29H37N3O6S2. The molecule has 1 N–H and O–H groups in total. The van der Waals surface area contributed by atoms with Gasteiger partial charge in [-0.1, -0.05) is 6.92 Å². The molecule has 3 heterocycles. The van der Waals surface area contributed by atoms with Crippen LogP contribution in [0.1, 0.15) is 61.9 Å². The van der Waals surface area contributed by atoms with Crippen LogP contribution in [0, 0.1) is 25.2 Å². The molecule has 9 nitrogen and oxygen atoms in total. The maximum Gasteiger partial charge on any atom is 0.311 e. The summed E-state index contributed by atoms with van der Waals surface area (Å²) < 4.78 is 33.3. The summed E-state index contributed by atoms with van der Waals surface area (Å²) in [5.41, 5.74) is 4.42. The minimum absolute atomic E-state index is 0.0506. The van der Waals surface area contributed by atoms with E-state index in [1.54, 1.807) is 46.2 Å². The third-order valence-electron chi connectivity index (χ3n) is 8.14. The Morgan fingerprint density at radius 2 is 1.98 bits per heavy atom. The van der Waals surface area contributed by atoms with Gasteiger partial charge >= 0.3 is 5.97 Å². The predicted molar refractivity (Wildman–Crippen MR) is 156 cm³/mol. The Balaban J connectivity index is 1.50. The summed E-state index contributed by atoms with van der Waals surface area (Å²) in [5, 5.41) is 10.3. The SMILES string of the molecule is COc1cc2c3c(c1)nc(S(=O)Cc1ncc(C)c(OC)c1C)n3SC1C(C)CC(OCC(C)(C)C(=O)O)CC21. The van der Waals surface area contributed by atoms with Crippen LogP contribution >= 0.6 is 11.9 Å². The first-order valence-corrected chi connectivity index (χ1v) is 15.6. The molecule has 1 aromatic carbocycles. The first-order valence-electron chi connectivity index (χ1n) is 13.4. The maximum absolute atomic E-state index is 13.9. The van der Waals surface area contributed by atoms with E-state index in [0.29, 0.717) is 10.9 Å². The van der Waals surface area contributed by atoms with Crippen LogP contribution in [0.3, 0.4) is 0 Å². The van der Waals surface area contributed by atoms with Crippen LogP contribution < -0.4 is 9.47 Å². The van der Waals surface area contributed by atoms with Gasteiger partial charge in [0.1, 0.15) is 11.5 Å². The second kappa shape index (κ2) is 11.0. The van der Waals surface area contributed by atoms with Crippen LogP contribution in [0.25, 0.3) is 11.0 Å². The van der Waals surface area contributed by atoms with E-state index in [4.69, 9.17) is 19.2 Å². The van der Waals surface area contributed by atoms with Crippen molar-refractivity contribution in [2.24, 2.45) is 11.3 Å². The molecule has 0 amide bonds. The lowest BCUT2D eigenvalue weighted by Gasteiger charge is -2.43. The second-order valence-corrected chi connectivity index (χ2v) is 14.0. The van der Waals surface area contributed by atoms with E-state index in [9.17, 15) is 14.1 Å². The standard InChI is InChI=1S/C29H37N3O6S2/c1-15-8-19(38-14-29(4,5)27(33)34)10-21-20-9-18(36-6)11-22-24(20)32(39-26(15)21)28(31-22)40(35)13-23-17(3)25(37-7)16(2)12-30-23/h9,11-12,15,19,21,26H,8,10,13-14H2,1-7H3,(H,33,34). The highest BCUT2D eigenvalue weighted by atomic mass is 32.2. The van der Waals surface area contributed by atoms with Crippen molar-refractivity contribution in [1.29, 1.82) is 0 Å².